The maximum atomic E-state index is 12.0. The number of hydrogen-bond acceptors (Lipinski definition) is 5. The van der Waals surface area contributed by atoms with Crippen LogP contribution in [0.1, 0.15) is 28.8 Å². The Bertz CT molecular complexity index is 777. The molecule has 1 aliphatic heterocycles. The first-order chi connectivity index (χ1) is 13.1. The Balaban J connectivity index is 1.37. The molecule has 27 heavy (non-hydrogen) atoms. The van der Waals surface area contributed by atoms with Gasteiger partial charge in [0.25, 0.3) is 5.91 Å². The molecule has 142 valence electrons. The minimum Gasteiger partial charge on any atom is -0.452 e. The third kappa shape index (κ3) is 6.05. The van der Waals surface area contributed by atoms with Crippen molar-refractivity contribution in [3.63, 3.8) is 0 Å². The molecule has 1 N–H and O–H groups in total. The van der Waals surface area contributed by atoms with E-state index < -0.39 is 5.97 Å². The monoisotopic (exact) mass is 387 g/mol. The van der Waals surface area contributed by atoms with Gasteiger partial charge in [-0.3, -0.25) is 9.69 Å². The van der Waals surface area contributed by atoms with Crippen LogP contribution in [0, 0.1) is 0 Å². The van der Waals surface area contributed by atoms with Gasteiger partial charge in [0.05, 0.1) is 5.56 Å². The Kier molecular flexibility index (Phi) is 6.79. The molecule has 0 aliphatic carbocycles. The zero-order chi connectivity index (χ0) is 19.1. The lowest BCUT2D eigenvalue weighted by atomic mass is 10.0. The molecule has 1 saturated heterocycles. The molecule has 7 heteroatoms. The molecule has 2 heterocycles. The van der Waals surface area contributed by atoms with Crippen molar-refractivity contribution >= 4 is 23.5 Å². The quantitative estimate of drug-likeness (QED) is 0.609. The number of nitrogens with one attached hydrogen (secondary N) is 1. The van der Waals surface area contributed by atoms with Gasteiger partial charge in [-0.1, -0.05) is 41.9 Å². The molecule has 6 nitrogen and oxygen atoms in total. The number of pyridine rings is 1. The van der Waals surface area contributed by atoms with Crippen LogP contribution in [0.4, 0.5) is 0 Å². The molecule has 0 spiro atoms. The Hall–Kier alpha value is -2.44. The Morgan fingerprint density at radius 1 is 1.19 bits per heavy atom. The number of rotatable bonds is 6. The van der Waals surface area contributed by atoms with E-state index in [1.165, 1.54) is 23.9 Å². The van der Waals surface area contributed by atoms with Crippen LogP contribution in [0.5, 0.6) is 0 Å². The van der Waals surface area contributed by atoms with Gasteiger partial charge in [0, 0.05) is 31.9 Å². The second-order valence-corrected chi connectivity index (χ2v) is 6.93. The highest BCUT2D eigenvalue weighted by atomic mass is 35.5. The fourth-order valence-electron chi connectivity index (χ4n) is 3.09. The predicted octanol–water partition coefficient (Wildman–Crippen LogP) is 2.67. The molecule has 1 aromatic carbocycles. The first-order valence-electron chi connectivity index (χ1n) is 8.94. The summed E-state index contributed by atoms with van der Waals surface area (Å²) < 4.78 is 5.04. The van der Waals surface area contributed by atoms with Gasteiger partial charge in [0.1, 0.15) is 5.15 Å². The third-order valence-corrected chi connectivity index (χ3v) is 4.71. The molecular formula is C20H22ClN3O3. The second-order valence-electron chi connectivity index (χ2n) is 6.55. The van der Waals surface area contributed by atoms with Gasteiger partial charge in [-0.05, 0) is 30.5 Å². The lowest BCUT2D eigenvalue weighted by Crippen LogP contribution is -2.45. The highest BCUT2D eigenvalue weighted by molar-refractivity contribution is 6.29. The molecule has 0 unspecified atom stereocenters. The molecule has 1 amide bonds. The number of nitrogens with zero attached hydrogens (tertiary/aromatic N) is 2. The Morgan fingerprint density at radius 3 is 2.63 bits per heavy atom. The summed E-state index contributed by atoms with van der Waals surface area (Å²) in [5.74, 6) is -0.878. The van der Waals surface area contributed by atoms with Crippen molar-refractivity contribution in [3.8, 4) is 0 Å². The number of aromatic nitrogens is 1. The lowest BCUT2D eigenvalue weighted by Gasteiger charge is -2.32. The zero-order valence-electron chi connectivity index (χ0n) is 14.9. The largest absolute Gasteiger partial charge is 0.452 e. The van der Waals surface area contributed by atoms with Gasteiger partial charge in [-0.15, -0.1) is 0 Å². The van der Waals surface area contributed by atoms with Crippen LogP contribution in [0.25, 0.3) is 0 Å². The molecule has 0 radical (unpaired) electrons. The van der Waals surface area contributed by atoms with E-state index in [1.54, 1.807) is 0 Å². The van der Waals surface area contributed by atoms with Crippen molar-refractivity contribution < 1.29 is 14.3 Å². The molecular weight excluding hydrogens is 366 g/mol. The predicted molar refractivity (Wildman–Crippen MR) is 102 cm³/mol. The van der Waals surface area contributed by atoms with E-state index in [0.29, 0.717) is 0 Å². The SMILES string of the molecule is O=C(COC(=O)c1ccnc(Cl)c1)NC1CCN(Cc2ccccc2)CC1. The second kappa shape index (κ2) is 9.48. The fraction of sp³-hybridized carbons (Fsp3) is 0.350. The van der Waals surface area contributed by atoms with E-state index in [9.17, 15) is 9.59 Å². The first kappa shape index (κ1) is 19.3. The standard InChI is InChI=1S/C20H22ClN3O3/c21-18-12-16(6-9-22-18)20(26)27-14-19(25)23-17-7-10-24(11-8-17)13-15-4-2-1-3-5-15/h1-6,9,12,17H,7-8,10-11,13-14H2,(H,23,25). The van der Waals surface area contributed by atoms with Gasteiger partial charge >= 0.3 is 5.97 Å². The van der Waals surface area contributed by atoms with E-state index in [4.69, 9.17) is 16.3 Å². The Labute approximate surface area is 163 Å². The van der Waals surface area contributed by atoms with Gasteiger partial charge in [-0.2, -0.15) is 0 Å². The molecule has 0 saturated carbocycles. The number of amides is 1. The van der Waals surface area contributed by atoms with Crippen molar-refractivity contribution in [2.45, 2.75) is 25.4 Å². The van der Waals surface area contributed by atoms with Gasteiger partial charge < -0.3 is 10.1 Å². The van der Waals surface area contributed by atoms with E-state index in [2.05, 4.69) is 27.3 Å². The number of esters is 1. The lowest BCUT2D eigenvalue weighted by molar-refractivity contribution is -0.125. The van der Waals surface area contributed by atoms with E-state index >= 15 is 0 Å². The molecule has 1 aromatic heterocycles. The average molecular weight is 388 g/mol. The van der Waals surface area contributed by atoms with Crippen molar-refractivity contribution in [1.82, 2.24) is 15.2 Å². The summed E-state index contributed by atoms with van der Waals surface area (Å²) in [6, 6.07) is 13.4. The van der Waals surface area contributed by atoms with Crippen LogP contribution in [-0.4, -0.2) is 47.5 Å². The number of carbonyl (C=O) groups is 2. The zero-order valence-corrected chi connectivity index (χ0v) is 15.7. The Morgan fingerprint density at radius 2 is 1.93 bits per heavy atom. The van der Waals surface area contributed by atoms with E-state index in [1.807, 2.05) is 18.2 Å². The summed E-state index contributed by atoms with van der Waals surface area (Å²) in [5.41, 5.74) is 1.57. The summed E-state index contributed by atoms with van der Waals surface area (Å²) in [5, 5.41) is 3.15. The number of halogens is 1. The molecule has 0 bridgehead atoms. The summed E-state index contributed by atoms with van der Waals surface area (Å²) in [7, 11) is 0. The number of benzene rings is 1. The van der Waals surface area contributed by atoms with Crippen molar-refractivity contribution in [2.75, 3.05) is 19.7 Å². The first-order valence-corrected chi connectivity index (χ1v) is 9.32. The molecule has 1 aliphatic rings. The number of carbonyl (C=O) groups excluding carboxylic acids is 2. The summed E-state index contributed by atoms with van der Waals surface area (Å²) in [6.07, 6.45) is 3.18. The van der Waals surface area contributed by atoms with Gasteiger partial charge in [0.2, 0.25) is 0 Å². The van der Waals surface area contributed by atoms with Gasteiger partial charge in [-0.25, -0.2) is 9.78 Å². The van der Waals surface area contributed by atoms with Crippen molar-refractivity contribution in [1.29, 1.82) is 0 Å². The van der Waals surface area contributed by atoms with Crippen LogP contribution in [0.3, 0.4) is 0 Å². The van der Waals surface area contributed by atoms with Crippen molar-refractivity contribution in [2.24, 2.45) is 0 Å². The number of hydrogen-bond donors (Lipinski definition) is 1. The van der Waals surface area contributed by atoms with E-state index in [0.717, 1.165) is 32.5 Å². The molecule has 3 rings (SSSR count). The van der Waals surface area contributed by atoms with Crippen molar-refractivity contribution in [3.05, 3.63) is 64.9 Å². The molecule has 1 fully saturated rings. The maximum absolute atomic E-state index is 12.0. The van der Waals surface area contributed by atoms with Crippen LogP contribution >= 0.6 is 11.6 Å². The van der Waals surface area contributed by atoms with Gasteiger partial charge in [0.15, 0.2) is 6.61 Å². The summed E-state index contributed by atoms with van der Waals surface area (Å²) in [4.78, 5) is 30.1. The fourth-order valence-corrected chi connectivity index (χ4v) is 3.26. The van der Waals surface area contributed by atoms with Crippen LogP contribution in [0.15, 0.2) is 48.7 Å². The normalized spacial score (nSPS) is 15.3. The van der Waals surface area contributed by atoms with Crippen LogP contribution in [0.2, 0.25) is 5.15 Å². The minimum absolute atomic E-state index is 0.110. The maximum Gasteiger partial charge on any atom is 0.338 e. The van der Waals surface area contributed by atoms with Crippen LogP contribution < -0.4 is 5.32 Å². The highest BCUT2D eigenvalue weighted by Gasteiger charge is 2.21. The number of piperidine rings is 1. The summed E-state index contributed by atoms with van der Waals surface area (Å²) >= 11 is 5.74. The minimum atomic E-state index is -0.591. The average Bonchev–Trinajstić information content (AvgIpc) is 2.68. The summed E-state index contributed by atoms with van der Waals surface area (Å²) in [6.45, 7) is 2.47. The number of ether oxygens (including phenoxy) is 1. The van der Waals surface area contributed by atoms with Crippen LogP contribution in [-0.2, 0) is 16.1 Å². The molecule has 0 atom stereocenters. The smallest absolute Gasteiger partial charge is 0.338 e. The topological polar surface area (TPSA) is 71.5 Å². The van der Waals surface area contributed by atoms with E-state index in [-0.39, 0.29) is 29.3 Å². The third-order valence-electron chi connectivity index (χ3n) is 4.50. The highest BCUT2D eigenvalue weighted by Crippen LogP contribution is 2.14. The molecule has 2 aromatic rings. The number of likely N-dealkylation sites (tertiary alicyclic amines) is 1.